The first kappa shape index (κ1) is 23.8. The fraction of sp³-hybridized carbons (Fsp3) is 0.333. The van der Waals surface area contributed by atoms with Gasteiger partial charge in [0.1, 0.15) is 0 Å². The number of Topliss-reactive ketones (excluding diaryl/α,β-unsaturated/α-hetero) is 1. The van der Waals surface area contributed by atoms with Crippen LogP contribution in [0.3, 0.4) is 0 Å². The quantitative estimate of drug-likeness (QED) is 0.357. The normalized spacial score (nSPS) is 11.8. The highest BCUT2D eigenvalue weighted by Crippen LogP contribution is 2.35. The van der Waals surface area contributed by atoms with E-state index in [1.165, 1.54) is 6.92 Å². The summed E-state index contributed by atoms with van der Waals surface area (Å²) in [6.45, 7) is 4.33. The van der Waals surface area contributed by atoms with Crippen LogP contribution in [-0.2, 0) is 23.9 Å². The van der Waals surface area contributed by atoms with E-state index in [4.69, 9.17) is 9.47 Å². The van der Waals surface area contributed by atoms with Gasteiger partial charge < -0.3 is 14.8 Å². The van der Waals surface area contributed by atoms with Gasteiger partial charge in [-0.2, -0.15) is 0 Å². The largest absolute Gasteiger partial charge is 0.464 e. The molecule has 164 valence electrons. The van der Waals surface area contributed by atoms with Gasteiger partial charge in [-0.3, -0.25) is 9.59 Å². The minimum absolute atomic E-state index is 0.0201. The van der Waals surface area contributed by atoms with Crippen LogP contribution in [0.25, 0.3) is 0 Å². The third-order valence-electron chi connectivity index (χ3n) is 4.78. The second-order valence-corrected chi connectivity index (χ2v) is 6.89. The third kappa shape index (κ3) is 5.57. The minimum atomic E-state index is -2.22. The zero-order chi connectivity index (χ0) is 22.9. The molecular weight excluding hydrogens is 398 g/mol. The van der Waals surface area contributed by atoms with E-state index in [0.29, 0.717) is 11.1 Å². The Kier molecular flexibility index (Phi) is 8.49. The van der Waals surface area contributed by atoms with E-state index in [0.717, 1.165) is 0 Å². The number of hydrogen-bond donors (Lipinski definition) is 1. The average Bonchev–Trinajstić information content (AvgIpc) is 2.77. The van der Waals surface area contributed by atoms with Crippen LogP contribution >= 0.6 is 0 Å². The molecule has 0 aliphatic carbocycles. The van der Waals surface area contributed by atoms with E-state index < -0.39 is 29.3 Å². The summed E-state index contributed by atoms with van der Waals surface area (Å²) in [7, 11) is 0. The Morgan fingerprint density at radius 1 is 0.839 bits per heavy atom. The van der Waals surface area contributed by atoms with Crippen molar-refractivity contribution < 1.29 is 28.7 Å². The van der Waals surface area contributed by atoms with Crippen molar-refractivity contribution in [1.29, 1.82) is 0 Å². The van der Waals surface area contributed by atoms with E-state index >= 15 is 0 Å². The monoisotopic (exact) mass is 425 g/mol. The Hall–Kier alpha value is -3.48. The molecule has 0 aliphatic rings. The number of ether oxygens (including phenoxy) is 2. The highest BCUT2D eigenvalue weighted by atomic mass is 16.6. The van der Waals surface area contributed by atoms with Gasteiger partial charge in [-0.15, -0.1) is 0 Å². The van der Waals surface area contributed by atoms with E-state index in [1.54, 1.807) is 74.5 Å². The second-order valence-electron chi connectivity index (χ2n) is 6.89. The predicted octanol–water partition coefficient (Wildman–Crippen LogP) is 3.04. The first-order valence-electron chi connectivity index (χ1n) is 10.1. The van der Waals surface area contributed by atoms with Crippen molar-refractivity contribution in [2.24, 2.45) is 0 Å². The molecule has 0 saturated heterocycles. The van der Waals surface area contributed by atoms with E-state index in [9.17, 15) is 19.2 Å². The van der Waals surface area contributed by atoms with Crippen LogP contribution < -0.4 is 5.32 Å². The summed E-state index contributed by atoms with van der Waals surface area (Å²) in [6, 6.07) is 17.1. The smallest absolute Gasteiger partial charge is 0.344 e. The van der Waals surface area contributed by atoms with Crippen molar-refractivity contribution in [1.82, 2.24) is 5.32 Å². The van der Waals surface area contributed by atoms with Crippen molar-refractivity contribution in [3.05, 3.63) is 71.8 Å². The van der Waals surface area contributed by atoms with Crippen LogP contribution in [0.1, 0.15) is 49.0 Å². The molecule has 7 heteroatoms. The van der Waals surface area contributed by atoms with Crippen molar-refractivity contribution in [2.45, 2.75) is 38.6 Å². The molecule has 2 rings (SSSR count). The number of benzene rings is 2. The zero-order valence-electron chi connectivity index (χ0n) is 17.9. The second kappa shape index (κ2) is 11.1. The fourth-order valence-electron chi connectivity index (χ4n) is 3.46. The van der Waals surface area contributed by atoms with Crippen molar-refractivity contribution in [3.8, 4) is 0 Å². The average molecular weight is 425 g/mol. The Morgan fingerprint density at radius 2 is 1.32 bits per heavy atom. The molecule has 0 radical (unpaired) electrons. The lowest BCUT2D eigenvalue weighted by molar-refractivity contribution is -0.169. The Morgan fingerprint density at radius 3 is 1.77 bits per heavy atom. The molecule has 1 atom stereocenters. The molecule has 31 heavy (non-hydrogen) atoms. The molecule has 0 fully saturated rings. The van der Waals surface area contributed by atoms with Crippen LogP contribution in [0.15, 0.2) is 60.7 Å². The van der Waals surface area contributed by atoms with Crippen LogP contribution in [-0.4, -0.2) is 42.4 Å². The van der Waals surface area contributed by atoms with Gasteiger partial charge in [0, 0.05) is 24.8 Å². The highest BCUT2D eigenvalue weighted by molar-refractivity contribution is 6.10. The van der Waals surface area contributed by atoms with Gasteiger partial charge >= 0.3 is 11.9 Å². The molecule has 1 N–H and O–H groups in total. The van der Waals surface area contributed by atoms with Crippen LogP contribution in [0, 0.1) is 0 Å². The van der Waals surface area contributed by atoms with Gasteiger partial charge in [0.05, 0.1) is 13.2 Å². The minimum Gasteiger partial charge on any atom is -0.464 e. The predicted molar refractivity (Wildman–Crippen MR) is 114 cm³/mol. The number of carbonyl (C=O) groups is 4. The van der Waals surface area contributed by atoms with Gasteiger partial charge in [-0.1, -0.05) is 60.7 Å². The molecular formula is C24H27NO6. The Bertz CT molecular complexity index is 892. The number of rotatable bonds is 10. The summed E-state index contributed by atoms with van der Waals surface area (Å²) in [5.74, 6) is -3.92. The van der Waals surface area contributed by atoms with Gasteiger partial charge in [-0.05, 0) is 19.4 Å². The molecule has 7 nitrogen and oxygen atoms in total. The summed E-state index contributed by atoms with van der Waals surface area (Å²) in [5.41, 5.74) is -1.28. The first-order chi connectivity index (χ1) is 14.9. The summed E-state index contributed by atoms with van der Waals surface area (Å²) in [5, 5.41) is 2.48. The van der Waals surface area contributed by atoms with Crippen molar-refractivity contribution >= 4 is 23.6 Å². The Balaban J connectivity index is 2.68. The molecule has 0 unspecified atom stereocenters. The summed E-state index contributed by atoms with van der Waals surface area (Å²) in [4.78, 5) is 51.7. The number of ketones is 1. The molecule has 0 bridgehead atoms. The molecule has 0 heterocycles. The van der Waals surface area contributed by atoms with Crippen molar-refractivity contribution in [3.63, 3.8) is 0 Å². The van der Waals surface area contributed by atoms with Gasteiger partial charge in [0.15, 0.2) is 5.78 Å². The SMILES string of the molecule is CCOC(=O)C(NC(C)=O)(C(=O)OCC)[C@@H](CC(=O)c1ccccc1)c1ccccc1. The maximum atomic E-state index is 13.2. The number of carbonyl (C=O) groups excluding carboxylic acids is 4. The fourth-order valence-corrected chi connectivity index (χ4v) is 3.46. The van der Waals surface area contributed by atoms with Crippen LogP contribution in [0.2, 0.25) is 0 Å². The number of nitrogens with one attached hydrogen (secondary N) is 1. The standard InChI is InChI=1S/C24H27NO6/c1-4-30-22(28)24(25-17(3)26,23(29)31-5-2)20(18-12-8-6-9-13-18)16-21(27)19-14-10-7-11-15-19/h6-15,20H,4-5,16H2,1-3H3,(H,25,26)/t20-/m0/s1. The molecule has 0 saturated carbocycles. The topological polar surface area (TPSA) is 98.8 Å². The van der Waals surface area contributed by atoms with Gasteiger partial charge in [0.2, 0.25) is 11.4 Å². The maximum Gasteiger partial charge on any atom is 0.344 e. The zero-order valence-corrected chi connectivity index (χ0v) is 17.9. The Labute approximate surface area is 181 Å². The molecule has 1 amide bonds. The third-order valence-corrected chi connectivity index (χ3v) is 4.78. The van der Waals surface area contributed by atoms with Crippen molar-refractivity contribution in [2.75, 3.05) is 13.2 Å². The molecule has 0 spiro atoms. The van der Waals surface area contributed by atoms with E-state index in [2.05, 4.69) is 5.32 Å². The van der Waals surface area contributed by atoms with Gasteiger partial charge in [-0.25, -0.2) is 9.59 Å². The lowest BCUT2D eigenvalue weighted by Crippen LogP contribution is -2.64. The van der Waals surface area contributed by atoms with E-state index in [-0.39, 0.29) is 25.4 Å². The first-order valence-corrected chi connectivity index (χ1v) is 10.1. The highest BCUT2D eigenvalue weighted by Gasteiger charge is 2.57. The molecule has 0 aromatic heterocycles. The number of hydrogen-bond acceptors (Lipinski definition) is 6. The molecule has 0 aliphatic heterocycles. The molecule has 2 aromatic rings. The summed E-state index contributed by atoms with van der Waals surface area (Å²) in [6.07, 6.45) is -0.230. The van der Waals surface area contributed by atoms with E-state index in [1.807, 2.05) is 0 Å². The number of amides is 1. The van der Waals surface area contributed by atoms with Crippen LogP contribution in [0.5, 0.6) is 0 Å². The molecule has 2 aromatic carbocycles. The van der Waals surface area contributed by atoms with Crippen LogP contribution in [0.4, 0.5) is 0 Å². The maximum absolute atomic E-state index is 13.2. The lowest BCUT2D eigenvalue weighted by Gasteiger charge is -2.36. The van der Waals surface area contributed by atoms with Gasteiger partial charge in [0.25, 0.3) is 0 Å². The lowest BCUT2D eigenvalue weighted by atomic mass is 9.75. The number of esters is 2. The summed E-state index contributed by atoms with van der Waals surface area (Å²) >= 11 is 0. The summed E-state index contributed by atoms with van der Waals surface area (Å²) < 4.78 is 10.4.